The predicted molar refractivity (Wildman–Crippen MR) is 73.0 cm³/mol. The molecular weight excluding hydrogens is 272 g/mol. The van der Waals surface area contributed by atoms with Crippen molar-refractivity contribution in [3.8, 4) is 0 Å². The molecule has 1 aliphatic rings. The summed E-state index contributed by atoms with van der Waals surface area (Å²) in [4.78, 5) is 0.213. The fourth-order valence-electron chi connectivity index (χ4n) is 2.41. The molecule has 0 saturated carbocycles. The van der Waals surface area contributed by atoms with Gasteiger partial charge >= 0.3 is 0 Å². The van der Waals surface area contributed by atoms with Gasteiger partial charge in [0, 0.05) is 12.6 Å². The van der Waals surface area contributed by atoms with Crippen molar-refractivity contribution in [2.75, 3.05) is 12.3 Å². The van der Waals surface area contributed by atoms with Gasteiger partial charge in [-0.1, -0.05) is 18.5 Å². The van der Waals surface area contributed by atoms with Crippen molar-refractivity contribution in [3.63, 3.8) is 0 Å². The van der Waals surface area contributed by atoms with Crippen LogP contribution < -0.4 is 5.73 Å². The van der Waals surface area contributed by atoms with Crippen LogP contribution in [0.5, 0.6) is 0 Å². The van der Waals surface area contributed by atoms with E-state index in [1.807, 2.05) is 6.92 Å². The van der Waals surface area contributed by atoms with Crippen LogP contribution in [-0.4, -0.2) is 25.3 Å². The average molecular weight is 289 g/mol. The van der Waals surface area contributed by atoms with Gasteiger partial charge in [-0.05, 0) is 37.5 Å². The molecule has 100 valence electrons. The number of nitrogens with zero attached hydrogens (tertiary/aromatic N) is 1. The smallest absolute Gasteiger partial charge is 0.243 e. The Hall–Kier alpha value is -0.780. The van der Waals surface area contributed by atoms with Gasteiger partial charge in [-0.25, -0.2) is 8.42 Å². The lowest BCUT2D eigenvalue weighted by atomic mass is 10.1. The van der Waals surface area contributed by atoms with Crippen LogP contribution in [0, 0.1) is 5.92 Å². The Morgan fingerprint density at radius 3 is 2.56 bits per heavy atom. The molecular formula is C12H17ClN2O2S. The van der Waals surface area contributed by atoms with E-state index in [1.165, 1.54) is 18.2 Å². The number of nitrogens with two attached hydrogens (primary N) is 1. The summed E-state index contributed by atoms with van der Waals surface area (Å²) in [6.45, 7) is 4.55. The largest absolute Gasteiger partial charge is 0.397 e. The fourth-order valence-corrected chi connectivity index (χ4v) is 4.33. The highest BCUT2D eigenvalue weighted by Gasteiger charge is 2.36. The Kier molecular flexibility index (Phi) is 3.58. The Bertz CT molecular complexity index is 559. The topological polar surface area (TPSA) is 63.4 Å². The zero-order valence-electron chi connectivity index (χ0n) is 10.4. The molecule has 1 heterocycles. The van der Waals surface area contributed by atoms with Gasteiger partial charge < -0.3 is 5.73 Å². The summed E-state index contributed by atoms with van der Waals surface area (Å²) in [5, 5.41) is 0.372. The Morgan fingerprint density at radius 1 is 1.39 bits per heavy atom. The van der Waals surface area contributed by atoms with E-state index in [-0.39, 0.29) is 16.6 Å². The SMILES string of the molecule is CC1CC(C)N(S(=O)(=O)c2ccc(Cl)c(N)c2)C1. The van der Waals surface area contributed by atoms with Crippen LogP contribution in [0.1, 0.15) is 20.3 Å². The number of hydrogen-bond donors (Lipinski definition) is 1. The first-order valence-corrected chi connectivity index (χ1v) is 7.71. The molecule has 2 N–H and O–H groups in total. The summed E-state index contributed by atoms with van der Waals surface area (Å²) < 4.78 is 26.5. The molecule has 1 aromatic rings. The second kappa shape index (κ2) is 4.72. The molecule has 1 aromatic carbocycles. The van der Waals surface area contributed by atoms with Gasteiger partial charge in [0.05, 0.1) is 15.6 Å². The molecule has 0 radical (unpaired) electrons. The number of sulfonamides is 1. The van der Waals surface area contributed by atoms with Crippen molar-refractivity contribution >= 4 is 27.3 Å². The average Bonchev–Trinajstić information content (AvgIpc) is 2.62. The molecule has 0 aromatic heterocycles. The minimum absolute atomic E-state index is 0.0295. The summed E-state index contributed by atoms with van der Waals surface area (Å²) in [6, 6.07) is 4.48. The monoisotopic (exact) mass is 288 g/mol. The van der Waals surface area contributed by atoms with Gasteiger partial charge in [0.15, 0.2) is 0 Å². The van der Waals surface area contributed by atoms with Crippen LogP contribution in [0.25, 0.3) is 0 Å². The van der Waals surface area contributed by atoms with Gasteiger partial charge in [-0.2, -0.15) is 4.31 Å². The van der Waals surface area contributed by atoms with Crippen LogP contribution in [0.3, 0.4) is 0 Å². The first-order valence-electron chi connectivity index (χ1n) is 5.89. The predicted octanol–water partition coefficient (Wildman–Crippen LogP) is 2.34. The van der Waals surface area contributed by atoms with E-state index in [0.29, 0.717) is 17.5 Å². The molecule has 1 saturated heterocycles. The summed E-state index contributed by atoms with van der Waals surface area (Å²) >= 11 is 5.81. The van der Waals surface area contributed by atoms with Crippen molar-refractivity contribution in [2.24, 2.45) is 5.92 Å². The van der Waals surface area contributed by atoms with Gasteiger partial charge in [0.2, 0.25) is 10.0 Å². The molecule has 0 amide bonds. The summed E-state index contributed by atoms with van der Waals surface area (Å²) in [5.41, 5.74) is 5.95. The van der Waals surface area contributed by atoms with Crippen LogP contribution in [-0.2, 0) is 10.0 Å². The van der Waals surface area contributed by atoms with E-state index in [2.05, 4.69) is 6.92 Å². The van der Waals surface area contributed by atoms with E-state index in [0.717, 1.165) is 6.42 Å². The third-order valence-corrected chi connectivity index (χ3v) is 5.62. The summed E-state index contributed by atoms with van der Waals surface area (Å²) in [7, 11) is -3.47. The van der Waals surface area contributed by atoms with Crippen LogP contribution in [0.15, 0.2) is 23.1 Å². The first kappa shape index (κ1) is 13.6. The normalized spacial score (nSPS) is 25.5. The minimum atomic E-state index is -3.47. The Labute approximate surface area is 113 Å². The van der Waals surface area contributed by atoms with E-state index < -0.39 is 10.0 Å². The van der Waals surface area contributed by atoms with Gasteiger partial charge in [0.1, 0.15) is 0 Å². The quantitative estimate of drug-likeness (QED) is 0.850. The zero-order valence-corrected chi connectivity index (χ0v) is 12.0. The second-order valence-corrected chi connectivity index (χ2v) is 7.25. The van der Waals surface area contributed by atoms with Gasteiger partial charge in [-0.15, -0.1) is 0 Å². The Balaban J connectivity index is 2.39. The fraction of sp³-hybridized carbons (Fsp3) is 0.500. The van der Waals surface area contributed by atoms with Crippen molar-refractivity contribution in [2.45, 2.75) is 31.2 Å². The molecule has 6 heteroatoms. The highest BCUT2D eigenvalue weighted by Crippen LogP contribution is 2.31. The maximum atomic E-state index is 12.5. The maximum absolute atomic E-state index is 12.5. The number of halogens is 1. The zero-order chi connectivity index (χ0) is 13.5. The highest BCUT2D eigenvalue weighted by molar-refractivity contribution is 7.89. The van der Waals surface area contributed by atoms with Crippen molar-refractivity contribution in [1.82, 2.24) is 4.31 Å². The van der Waals surface area contributed by atoms with E-state index in [1.54, 1.807) is 4.31 Å². The minimum Gasteiger partial charge on any atom is -0.397 e. The van der Waals surface area contributed by atoms with Crippen molar-refractivity contribution < 1.29 is 8.42 Å². The first-order chi connectivity index (χ1) is 8.32. The number of benzene rings is 1. The molecule has 0 aliphatic carbocycles. The van der Waals surface area contributed by atoms with E-state index in [4.69, 9.17) is 17.3 Å². The molecule has 0 bridgehead atoms. The van der Waals surface area contributed by atoms with Gasteiger partial charge in [0.25, 0.3) is 0 Å². The number of hydrogen-bond acceptors (Lipinski definition) is 3. The van der Waals surface area contributed by atoms with E-state index >= 15 is 0 Å². The summed E-state index contributed by atoms with van der Waals surface area (Å²) in [6.07, 6.45) is 0.891. The molecule has 2 atom stereocenters. The standard InChI is InChI=1S/C12H17ClN2O2S/c1-8-5-9(2)15(7-8)18(16,17)10-3-4-11(13)12(14)6-10/h3-4,6,8-9H,5,7,14H2,1-2H3. The maximum Gasteiger partial charge on any atom is 0.243 e. The van der Waals surface area contributed by atoms with Crippen LogP contribution >= 0.6 is 11.6 Å². The molecule has 4 nitrogen and oxygen atoms in total. The third kappa shape index (κ3) is 2.35. The second-order valence-electron chi connectivity index (χ2n) is 4.95. The van der Waals surface area contributed by atoms with Crippen molar-refractivity contribution in [1.29, 1.82) is 0 Å². The highest BCUT2D eigenvalue weighted by atomic mass is 35.5. The summed E-state index contributed by atoms with van der Waals surface area (Å²) in [5.74, 6) is 0.388. The number of rotatable bonds is 2. The van der Waals surface area contributed by atoms with Crippen LogP contribution in [0.2, 0.25) is 5.02 Å². The van der Waals surface area contributed by atoms with Gasteiger partial charge in [-0.3, -0.25) is 0 Å². The molecule has 18 heavy (non-hydrogen) atoms. The molecule has 2 unspecified atom stereocenters. The third-order valence-electron chi connectivity index (χ3n) is 3.30. The van der Waals surface area contributed by atoms with E-state index in [9.17, 15) is 8.42 Å². The van der Waals surface area contributed by atoms with Crippen LogP contribution in [0.4, 0.5) is 5.69 Å². The number of anilines is 1. The number of nitrogen functional groups attached to an aromatic ring is 1. The van der Waals surface area contributed by atoms with Crippen molar-refractivity contribution in [3.05, 3.63) is 23.2 Å². The molecule has 1 fully saturated rings. The lowest BCUT2D eigenvalue weighted by molar-refractivity contribution is 0.405. The molecule has 2 rings (SSSR count). The molecule has 0 spiro atoms. The Morgan fingerprint density at radius 2 is 2.06 bits per heavy atom. The molecule has 1 aliphatic heterocycles. The lowest BCUT2D eigenvalue weighted by Crippen LogP contribution is -2.34. The lowest BCUT2D eigenvalue weighted by Gasteiger charge is -2.21.